The number of carboxylic acid groups (broad SMARTS) is 1. The van der Waals surface area contributed by atoms with Crippen LogP contribution in [0.15, 0.2) is 12.2 Å². The van der Waals surface area contributed by atoms with Crippen molar-refractivity contribution in [2.24, 2.45) is 56.7 Å². The molecule has 0 radical (unpaired) electrons. The van der Waals surface area contributed by atoms with Crippen LogP contribution in [-0.2, 0) is 14.3 Å². The Morgan fingerprint density at radius 1 is 0.806 bits per heavy atom. The molecule has 5 rings (SSSR count). The zero-order valence-electron chi connectivity index (χ0n) is 23.9. The SMILES string of the molecule is C=C(C)C1CC[C@]2(C(=O)O)CC[C@]3(C)[C@H](CC[C@@H]4[C@@]5(C)CC[C@H](OC(C)=O)C(C)(C)C5CC[C@]43C)C12. The standard InChI is InChI=1S/C32H50O4/c1-19(2)21-11-16-32(27(34)35)18-17-30(7)22(26(21)32)9-10-24-29(6)14-13-25(36-20(3)33)28(4,5)23(29)12-15-31(24,30)8/h21-26H,1,9-18H2,2-8H3,(H,34,35)/t21?,22-,23?,24-,25+,26?,29+,30-,31-,32+/m1/s1. The van der Waals surface area contributed by atoms with Gasteiger partial charge in [-0.2, -0.15) is 0 Å². The van der Waals surface area contributed by atoms with Crippen molar-refractivity contribution in [3.05, 3.63) is 12.2 Å². The van der Waals surface area contributed by atoms with Crippen molar-refractivity contribution >= 4 is 11.9 Å². The first kappa shape index (κ1) is 26.3. The maximum Gasteiger partial charge on any atom is 0.309 e. The Kier molecular flexibility index (Phi) is 5.91. The minimum atomic E-state index is -0.553. The van der Waals surface area contributed by atoms with Gasteiger partial charge in [-0.25, -0.2) is 0 Å². The quantitative estimate of drug-likeness (QED) is 0.320. The summed E-state index contributed by atoms with van der Waals surface area (Å²) in [5, 5.41) is 10.5. The van der Waals surface area contributed by atoms with Crippen molar-refractivity contribution in [3.63, 3.8) is 0 Å². The molecule has 202 valence electrons. The molecule has 5 saturated carbocycles. The van der Waals surface area contributed by atoms with Crippen LogP contribution < -0.4 is 0 Å². The Hall–Kier alpha value is -1.32. The molecule has 0 saturated heterocycles. The number of rotatable bonds is 3. The number of fused-ring (bicyclic) bond motifs is 7. The van der Waals surface area contributed by atoms with Crippen LogP contribution in [0.5, 0.6) is 0 Å². The van der Waals surface area contributed by atoms with E-state index in [1.165, 1.54) is 24.8 Å². The summed E-state index contributed by atoms with van der Waals surface area (Å²) >= 11 is 0. The summed E-state index contributed by atoms with van der Waals surface area (Å²) in [4.78, 5) is 24.7. The topological polar surface area (TPSA) is 63.6 Å². The lowest BCUT2D eigenvalue weighted by Gasteiger charge is -2.72. The van der Waals surface area contributed by atoms with Crippen LogP contribution in [0.3, 0.4) is 0 Å². The second-order valence-electron chi connectivity index (χ2n) is 15.1. The molecule has 4 nitrogen and oxygen atoms in total. The molecular weight excluding hydrogens is 448 g/mol. The maximum atomic E-state index is 12.8. The van der Waals surface area contributed by atoms with E-state index in [0.717, 1.165) is 44.9 Å². The fraction of sp³-hybridized carbons (Fsp3) is 0.875. The van der Waals surface area contributed by atoms with E-state index in [9.17, 15) is 14.7 Å². The molecule has 0 aromatic carbocycles. The van der Waals surface area contributed by atoms with Crippen molar-refractivity contribution in [2.75, 3.05) is 0 Å². The lowest BCUT2D eigenvalue weighted by Crippen LogP contribution is -2.67. The first-order valence-electron chi connectivity index (χ1n) is 14.7. The second-order valence-corrected chi connectivity index (χ2v) is 15.1. The van der Waals surface area contributed by atoms with Gasteiger partial charge in [-0.1, -0.05) is 46.8 Å². The predicted molar refractivity (Wildman–Crippen MR) is 142 cm³/mol. The summed E-state index contributed by atoms with van der Waals surface area (Å²) in [6, 6.07) is 0. The average molecular weight is 499 g/mol. The van der Waals surface area contributed by atoms with Crippen molar-refractivity contribution < 1.29 is 19.4 Å². The smallest absolute Gasteiger partial charge is 0.309 e. The molecule has 5 aliphatic carbocycles. The Labute approximate surface area is 219 Å². The Bertz CT molecular complexity index is 967. The van der Waals surface area contributed by atoms with E-state index in [4.69, 9.17) is 4.74 Å². The van der Waals surface area contributed by atoms with Gasteiger partial charge in [-0.15, -0.1) is 0 Å². The fourth-order valence-electron chi connectivity index (χ4n) is 11.9. The summed E-state index contributed by atoms with van der Waals surface area (Å²) < 4.78 is 5.88. The van der Waals surface area contributed by atoms with Crippen molar-refractivity contribution in [1.29, 1.82) is 0 Å². The van der Waals surface area contributed by atoms with Crippen molar-refractivity contribution in [3.8, 4) is 0 Å². The van der Waals surface area contributed by atoms with Gasteiger partial charge in [0.05, 0.1) is 5.41 Å². The number of ether oxygens (including phenoxy) is 1. The van der Waals surface area contributed by atoms with E-state index in [2.05, 4.69) is 48.1 Å². The molecule has 4 heteroatoms. The predicted octanol–water partition coefficient (Wildman–Crippen LogP) is 7.66. The van der Waals surface area contributed by atoms with Crippen molar-refractivity contribution in [1.82, 2.24) is 0 Å². The van der Waals surface area contributed by atoms with Gasteiger partial charge >= 0.3 is 11.9 Å². The van der Waals surface area contributed by atoms with Crippen LogP contribution in [0, 0.1) is 56.7 Å². The molecule has 0 spiro atoms. The molecular formula is C32H50O4. The Morgan fingerprint density at radius 3 is 2.11 bits per heavy atom. The first-order valence-corrected chi connectivity index (χ1v) is 14.7. The monoisotopic (exact) mass is 498 g/mol. The zero-order chi connectivity index (χ0) is 26.5. The van der Waals surface area contributed by atoms with Gasteiger partial charge < -0.3 is 9.84 Å². The van der Waals surface area contributed by atoms with E-state index in [0.29, 0.717) is 23.7 Å². The Morgan fingerprint density at radius 2 is 1.50 bits per heavy atom. The normalized spacial score (nSPS) is 51.2. The number of allylic oxidation sites excluding steroid dienone is 1. The summed E-state index contributed by atoms with van der Waals surface area (Å²) in [6.07, 6.45) is 10.5. The van der Waals surface area contributed by atoms with Gasteiger partial charge in [0.1, 0.15) is 6.10 Å². The van der Waals surface area contributed by atoms with Gasteiger partial charge in [0.15, 0.2) is 0 Å². The summed E-state index contributed by atoms with van der Waals surface area (Å²) in [5.41, 5.74) is 1.20. The molecule has 0 bridgehead atoms. The average Bonchev–Trinajstić information content (AvgIpc) is 3.17. The number of aliphatic carboxylic acids is 1. The third-order valence-electron chi connectivity index (χ3n) is 13.7. The maximum absolute atomic E-state index is 12.8. The largest absolute Gasteiger partial charge is 0.481 e. The number of carbonyl (C=O) groups excluding carboxylic acids is 1. The van der Waals surface area contributed by atoms with E-state index in [-0.39, 0.29) is 39.7 Å². The van der Waals surface area contributed by atoms with Gasteiger partial charge in [0.2, 0.25) is 0 Å². The van der Waals surface area contributed by atoms with E-state index in [1.54, 1.807) is 6.92 Å². The number of hydrogen-bond donors (Lipinski definition) is 1. The Balaban J connectivity index is 1.52. The van der Waals surface area contributed by atoms with Gasteiger partial charge in [0, 0.05) is 12.3 Å². The number of hydrogen-bond acceptors (Lipinski definition) is 3. The fourth-order valence-corrected chi connectivity index (χ4v) is 11.9. The van der Waals surface area contributed by atoms with Crippen LogP contribution in [-0.4, -0.2) is 23.1 Å². The lowest BCUT2D eigenvalue weighted by molar-refractivity contribution is -0.250. The number of esters is 1. The molecule has 3 unspecified atom stereocenters. The van der Waals surface area contributed by atoms with Gasteiger partial charge in [-0.05, 0) is 117 Å². The van der Waals surface area contributed by atoms with Gasteiger partial charge in [-0.3, -0.25) is 9.59 Å². The number of carbonyl (C=O) groups is 2. The molecule has 0 aromatic heterocycles. The molecule has 0 aliphatic heterocycles. The first-order chi connectivity index (χ1) is 16.6. The lowest BCUT2D eigenvalue weighted by atomic mass is 9.32. The van der Waals surface area contributed by atoms with E-state index >= 15 is 0 Å². The summed E-state index contributed by atoms with van der Waals surface area (Å²) in [6.45, 7) is 20.4. The molecule has 1 N–H and O–H groups in total. The van der Waals surface area contributed by atoms with E-state index in [1.807, 2.05) is 0 Å². The zero-order valence-corrected chi connectivity index (χ0v) is 23.9. The molecule has 0 amide bonds. The van der Waals surface area contributed by atoms with Crippen LogP contribution >= 0.6 is 0 Å². The minimum Gasteiger partial charge on any atom is -0.481 e. The van der Waals surface area contributed by atoms with Crippen LogP contribution in [0.2, 0.25) is 0 Å². The third kappa shape index (κ3) is 3.17. The minimum absolute atomic E-state index is 0.00466. The highest BCUT2D eigenvalue weighted by molar-refractivity contribution is 5.76. The van der Waals surface area contributed by atoms with Crippen LogP contribution in [0.1, 0.15) is 113 Å². The van der Waals surface area contributed by atoms with Crippen LogP contribution in [0.4, 0.5) is 0 Å². The van der Waals surface area contributed by atoms with Crippen molar-refractivity contribution in [2.45, 2.75) is 119 Å². The summed E-state index contributed by atoms with van der Waals surface area (Å²) in [7, 11) is 0. The molecule has 0 heterocycles. The second kappa shape index (κ2) is 8.09. The molecule has 0 aromatic rings. The number of carboxylic acids is 1. The molecule has 10 atom stereocenters. The summed E-state index contributed by atoms with van der Waals surface area (Å²) in [5.74, 6) is 1.49. The highest BCUT2D eigenvalue weighted by Crippen LogP contribution is 2.77. The van der Waals surface area contributed by atoms with Gasteiger partial charge in [0.25, 0.3) is 0 Å². The van der Waals surface area contributed by atoms with Crippen LogP contribution in [0.25, 0.3) is 0 Å². The highest BCUT2D eigenvalue weighted by atomic mass is 16.5. The van der Waals surface area contributed by atoms with E-state index < -0.39 is 11.4 Å². The highest BCUT2D eigenvalue weighted by Gasteiger charge is 2.72. The molecule has 36 heavy (non-hydrogen) atoms. The third-order valence-corrected chi connectivity index (χ3v) is 13.7. The molecule has 5 fully saturated rings. The molecule has 5 aliphatic rings.